The van der Waals surface area contributed by atoms with Crippen LogP contribution in [0.1, 0.15) is 35.6 Å². The van der Waals surface area contributed by atoms with Crippen molar-refractivity contribution in [2.75, 3.05) is 13.1 Å². The molecule has 1 saturated heterocycles. The van der Waals surface area contributed by atoms with E-state index in [9.17, 15) is 0 Å². The Morgan fingerprint density at radius 1 is 1.53 bits per heavy atom. The van der Waals surface area contributed by atoms with Crippen LogP contribution in [0.15, 0.2) is 12.1 Å². The molecule has 1 aliphatic rings. The Kier molecular flexibility index (Phi) is 3.44. The summed E-state index contributed by atoms with van der Waals surface area (Å²) in [6.07, 6.45) is 2.36. The Labute approximate surface area is 96.1 Å². The third-order valence-electron chi connectivity index (χ3n) is 3.11. The Hall–Kier alpha value is -0.380. The van der Waals surface area contributed by atoms with Crippen molar-refractivity contribution in [3.63, 3.8) is 0 Å². The second kappa shape index (κ2) is 4.64. The fraction of sp³-hybridized carbons (Fsp3) is 0.667. The number of nitrogens with two attached hydrogens (primary N) is 1. The van der Waals surface area contributed by atoms with Crippen molar-refractivity contribution in [2.24, 2.45) is 5.73 Å². The van der Waals surface area contributed by atoms with Crippen LogP contribution in [0.5, 0.6) is 0 Å². The number of nitrogens with zero attached hydrogens (tertiary/aromatic N) is 1. The molecule has 1 aromatic heterocycles. The van der Waals surface area contributed by atoms with E-state index in [0.717, 1.165) is 13.0 Å². The first kappa shape index (κ1) is 11.1. The van der Waals surface area contributed by atoms with Gasteiger partial charge in [-0.1, -0.05) is 6.92 Å². The van der Waals surface area contributed by atoms with Crippen molar-refractivity contribution in [2.45, 2.75) is 38.8 Å². The van der Waals surface area contributed by atoms with Gasteiger partial charge in [-0.05, 0) is 38.4 Å². The first-order valence-electron chi connectivity index (χ1n) is 5.78. The number of rotatable bonds is 3. The highest BCUT2D eigenvalue weighted by atomic mass is 32.1. The maximum atomic E-state index is 6.21. The molecule has 0 spiro atoms. The Morgan fingerprint density at radius 2 is 2.33 bits per heavy atom. The highest BCUT2D eigenvalue weighted by molar-refractivity contribution is 7.12. The van der Waals surface area contributed by atoms with E-state index in [0.29, 0.717) is 12.1 Å². The molecule has 0 saturated carbocycles. The smallest absolute Gasteiger partial charge is 0.0594 e. The summed E-state index contributed by atoms with van der Waals surface area (Å²) in [5, 5.41) is 0. The van der Waals surface area contributed by atoms with Gasteiger partial charge in [-0.15, -0.1) is 11.3 Å². The number of aryl methyl sites for hydroxylation is 1. The SMILES string of the molecule is CCCN1CC[C@H](N)[C@H]1c1ccc(C)s1. The molecular formula is C12H20N2S. The highest BCUT2D eigenvalue weighted by Gasteiger charge is 2.32. The van der Waals surface area contributed by atoms with Crippen LogP contribution in [0, 0.1) is 6.92 Å². The van der Waals surface area contributed by atoms with Crippen LogP contribution in [-0.2, 0) is 0 Å². The predicted molar refractivity (Wildman–Crippen MR) is 66.3 cm³/mol. The first-order chi connectivity index (χ1) is 7.22. The Bertz CT molecular complexity index is 319. The van der Waals surface area contributed by atoms with E-state index in [1.807, 2.05) is 11.3 Å². The van der Waals surface area contributed by atoms with Crippen molar-refractivity contribution < 1.29 is 0 Å². The van der Waals surface area contributed by atoms with Crippen molar-refractivity contribution in [1.29, 1.82) is 0 Å². The lowest BCUT2D eigenvalue weighted by Gasteiger charge is -2.25. The van der Waals surface area contributed by atoms with Crippen molar-refractivity contribution in [3.05, 3.63) is 21.9 Å². The predicted octanol–water partition coefficient (Wildman–Crippen LogP) is 2.54. The summed E-state index contributed by atoms with van der Waals surface area (Å²) in [7, 11) is 0. The third-order valence-corrected chi connectivity index (χ3v) is 4.18. The summed E-state index contributed by atoms with van der Waals surface area (Å²) in [6, 6.07) is 5.26. The van der Waals surface area contributed by atoms with E-state index in [4.69, 9.17) is 5.73 Å². The molecule has 1 fully saturated rings. The van der Waals surface area contributed by atoms with Gasteiger partial charge in [0.2, 0.25) is 0 Å². The molecule has 0 aromatic carbocycles. The lowest BCUT2D eigenvalue weighted by atomic mass is 10.1. The van der Waals surface area contributed by atoms with Gasteiger partial charge in [0.1, 0.15) is 0 Å². The minimum absolute atomic E-state index is 0.328. The first-order valence-corrected chi connectivity index (χ1v) is 6.60. The van der Waals surface area contributed by atoms with E-state index < -0.39 is 0 Å². The van der Waals surface area contributed by atoms with Crippen molar-refractivity contribution in [1.82, 2.24) is 4.90 Å². The van der Waals surface area contributed by atoms with Crippen molar-refractivity contribution >= 4 is 11.3 Å². The Balaban J connectivity index is 2.17. The topological polar surface area (TPSA) is 29.3 Å². The fourth-order valence-electron chi connectivity index (χ4n) is 2.42. The van der Waals surface area contributed by atoms with E-state index >= 15 is 0 Å². The molecule has 0 aliphatic carbocycles. The van der Waals surface area contributed by atoms with Gasteiger partial charge in [-0.25, -0.2) is 0 Å². The lowest BCUT2D eigenvalue weighted by molar-refractivity contribution is 0.251. The standard InChI is InChI=1S/C12H20N2S/c1-3-7-14-8-6-10(13)12(14)11-5-4-9(2)15-11/h4-5,10,12H,3,6-8,13H2,1-2H3/t10-,12-/m0/s1. The van der Waals surface area contributed by atoms with Crippen LogP contribution in [0.25, 0.3) is 0 Å². The summed E-state index contributed by atoms with van der Waals surface area (Å²) in [6.45, 7) is 6.74. The third kappa shape index (κ3) is 2.25. The molecule has 2 rings (SSSR count). The summed E-state index contributed by atoms with van der Waals surface area (Å²) in [5.74, 6) is 0. The van der Waals surface area contributed by atoms with Gasteiger partial charge in [0.25, 0.3) is 0 Å². The second-order valence-corrected chi connectivity index (χ2v) is 5.70. The van der Waals surface area contributed by atoms with Crippen LogP contribution in [0.4, 0.5) is 0 Å². The number of hydrogen-bond acceptors (Lipinski definition) is 3. The van der Waals surface area contributed by atoms with Crippen LogP contribution < -0.4 is 5.73 Å². The van der Waals surface area contributed by atoms with Gasteiger partial charge in [0, 0.05) is 22.3 Å². The van der Waals surface area contributed by atoms with E-state index in [2.05, 4.69) is 30.9 Å². The fourth-order valence-corrected chi connectivity index (χ4v) is 3.51. The zero-order chi connectivity index (χ0) is 10.8. The van der Waals surface area contributed by atoms with Gasteiger partial charge in [-0.2, -0.15) is 0 Å². The number of thiophene rings is 1. The number of likely N-dealkylation sites (tertiary alicyclic amines) is 1. The molecule has 84 valence electrons. The molecule has 0 amide bonds. The molecular weight excluding hydrogens is 204 g/mol. The quantitative estimate of drug-likeness (QED) is 0.855. The largest absolute Gasteiger partial charge is 0.326 e. The maximum Gasteiger partial charge on any atom is 0.0594 e. The maximum absolute atomic E-state index is 6.21. The molecule has 2 N–H and O–H groups in total. The summed E-state index contributed by atoms with van der Waals surface area (Å²) in [5.41, 5.74) is 6.21. The van der Waals surface area contributed by atoms with Gasteiger partial charge in [-0.3, -0.25) is 4.90 Å². The van der Waals surface area contributed by atoms with Crippen LogP contribution in [-0.4, -0.2) is 24.0 Å². The van der Waals surface area contributed by atoms with Crippen LogP contribution >= 0.6 is 11.3 Å². The van der Waals surface area contributed by atoms with Crippen LogP contribution in [0.3, 0.4) is 0 Å². The number of hydrogen-bond donors (Lipinski definition) is 1. The van der Waals surface area contributed by atoms with E-state index in [1.54, 1.807) is 0 Å². The highest BCUT2D eigenvalue weighted by Crippen LogP contribution is 2.34. The molecule has 0 radical (unpaired) electrons. The summed E-state index contributed by atoms with van der Waals surface area (Å²) in [4.78, 5) is 5.38. The molecule has 15 heavy (non-hydrogen) atoms. The van der Waals surface area contributed by atoms with Crippen molar-refractivity contribution in [3.8, 4) is 0 Å². The molecule has 1 aliphatic heterocycles. The van der Waals surface area contributed by atoms with Gasteiger partial charge >= 0.3 is 0 Å². The minimum Gasteiger partial charge on any atom is -0.326 e. The molecule has 0 bridgehead atoms. The molecule has 1 aromatic rings. The summed E-state index contributed by atoms with van der Waals surface area (Å²) < 4.78 is 0. The zero-order valence-electron chi connectivity index (χ0n) is 9.57. The molecule has 3 heteroatoms. The average molecular weight is 224 g/mol. The zero-order valence-corrected chi connectivity index (χ0v) is 10.4. The molecule has 2 nitrogen and oxygen atoms in total. The van der Waals surface area contributed by atoms with Gasteiger partial charge in [0.15, 0.2) is 0 Å². The molecule has 0 unspecified atom stereocenters. The Morgan fingerprint density at radius 3 is 2.93 bits per heavy atom. The van der Waals surface area contributed by atoms with Gasteiger partial charge in [0.05, 0.1) is 6.04 Å². The van der Waals surface area contributed by atoms with Gasteiger partial charge < -0.3 is 5.73 Å². The lowest BCUT2D eigenvalue weighted by Crippen LogP contribution is -2.31. The van der Waals surface area contributed by atoms with Crippen LogP contribution in [0.2, 0.25) is 0 Å². The second-order valence-electron chi connectivity index (χ2n) is 4.38. The molecule has 2 atom stereocenters. The average Bonchev–Trinajstić information content (AvgIpc) is 2.74. The van der Waals surface area contributed by atoms with E-state index in [1.165, 1.54) is 22.7 Å². The summed E-state index contributed by atoms with van der Waals surface area (Å²) >= 11 is 1.90. The monoisotopic (exact) mass is 224 g/mol. The minimum atomic E-state index is 0.328. The molecule has 2 heterocycles. The van der Waals surface area contributed by atoms with E-state index in [-0.39, 0.29) is 0 Å². The normalized spacial score (nSPS) is 27.4.